The van der Waals surface area contributed by atoms with Crippen LogP contribution in [0.25, 0.3) is 0 Å². The molecule has 1 aromatic rings. The first-order valence-electron chi connectivity index (χ1n) is 7.87. The van der Waals surface area contributed by atoms with Gasteiger partial charge in [0.2, 0.25) is 5.91 Å². The molecule has 2 atom stereocenters. The van der Waals surface area contributed by atoms with Crippen LogP contribution in [0.2, 0.25) is 0 Å². The van der Waals surface area contributed by atoms with E-state index in [0.717, 1.165) is 57.7 Å². The molecule has 116 valence electrons. The standard InChI is InChI=1S/C15H25N5O/c1-17-15(14(16)21)5-2-3-12(15)4-7-19-9-10-20-8-6-18-13(20)11-19/h6,8,12,17H,2-5,7,9-11H2,1H3,(H2,16,21). The topological polar surface area (TPSA) is 76.2 Å². The number of aromatic nitrogens is 2. The number of fused-ring (bicyclic) bond motifs is 1. The Labute approximate surface area is 125 Å². The second kappa shape index (κ2) is 5.77. The lowest BCUT2D eigenvalue weighted by Crippen LogP contribution is -2.57. The van der Waals surface area contributed by atoms with Crippen molar-refractivity contribution >= 4 is 5.91 Å². The van der Waals surface area contributed by atoms with Gasteiger partial charge in [0.25, 0.3) is 0 Å². The number of carbonyl (C=O) groups excluding carboxylic acids is 1. The molecule has 0 spiro atoms. The quantitative estimate of drug-likeness (QED) is 0.820. The lowest BCUT2D eigenvalue weighted by atomic mass is 9.84. The van der Waals surface area contributed by atoms with Crippen molar-refractivity contribution in [3.63, 3.8) is 0 Å². The van der Waals surface area contributed by atoms with Gasteiger partial charge in [0.05, 0.1) is 6.54 Å². The fraction of sp³-hybridized carbons (Fsp3) is 0.733. The highest BCUT2D eigenvalue weighted by Gasteiger charge is 2.46. The van der Waals surface area contributed by atoms with E-state index in [-0.39, 0.29) is 5.91 Å². The Bertz CT molecular complexity index is 514. The van der Waals surface area contributed by atoms with E-state index < -0.39 is 5.54 Å². The first kappa shape index (κ1) is 14.5. The molecular formula is C15H25N5O. The van der Waals surface area contributed by atoms with E-state index in [1.54, 1.807) is 0 Å². The Morgan fingerprint density at radius 1 is 1.57 bits per heavy atom. The largest absolute Gasteiger partial charge is 0.368 e. The Balaban J connectivity index is 1.59. The number of hydrogen-bond donors (Lipinski definition) is 2. The van der Waals surface area contributed by atoms with Crippen molar-refractivity contribution in [1.29, 1.82) is 0 Å². The van der Waals surface area contributed by atoms with Gasteiger partial charge >= 0.3 is 0 Å². The minimum Gasteiger partial charge on any atom is -0.368 e. The summed E-state index contributed by atoms with van der Waals surface area (Å²) in [5, 5.41) is 3.22. The zero-order valence-corrected chi connectivity index (χ0v) is 12.7. The summed E-state index contributed by atoms with van der Waals surface area (Å²) in [5.74, 6) is 1.30. The highest BCUT2D eigenvalue weighted by atomic mass is 16.1. The molecule has 2 unspecified atom stereocenters. The molecule has 2 aliphatic rings. The monoisotopic (exact) mass is 291 g/mol. The second-order valence-corrected chi connectivity index (χ2v) is 6.28. The van der Waals surface area contributed by atoms with Crippen molar-refractivity contribution in [3.05, 3.63) is 18.2 Å². The third-order valence-electron chi connectivity index (χ3n) is 5.32. The average molecular weight is 291 g/mol. The van der Waals surface area contributed by atoms with Gasteiger partial charge in [-0.2, -0.15) is 0 Å². The SMILES string of the molecule is CNC1(C(N)=O)CCCC1CCN1CCn2ccnc2C1. The number of nitrogens with two attached hydrogens (primary N) is 1. The molecular weight excluding hydrogens is 266 g/mol. The molecule has 1 amide bonds. The van der Waals surface area contributed by atoms with Crippen LogP contribution in [0.1, 0.15) is 31.5 Å². The third-order valence-corrected chi connectivity index (χ3v) is 5.32. The molecule has 2 heterocycles. The van der Waals surface area contributed by atoms with Crippen molar-refractivity contribution in [3.8, 4) is 0 Å². The molecule has 1 aromatic heterocycles. The van der Waals surface area contributed by atoms with Crippen LogP contribution in [0.4, 0.5) is 0 Å². The summed E-state index contributed by atoms with van der Waals surface area (Å²) in [6, 6.07) is 0. The maximum absolute atomic E-state index is 11.9. The summed E-state index contributed by atoms with van der Waals surface area (Å²) >= 11 is 0. The van der Waals surface area contributed by atoms with Gasteiger partial charge in [0.15, 0.2) is 0 Å². The normalized spacial score (nSPS) is 29.5. The molecule has 6 heteroatoms. The van der Waals surface area contributed by atoms with Crippen LogP contribution < -0.4 is 11.1 Å². The number of imidazole rings is 1. The molecule has 1 aliphatic heterocycles. The van der Waals surface area contributed by atoms with Gasteiger partial charge in [0.1, 0.15) is 11.4 Å². The van der Waals surface area contributed by atoms with Crippen LogP contribution in [0.5, 0.6) is 0 Å². The van der Waals surface area contributed by atoms with Gasteiger partial charge in [-0.05, 0) is 38.8 Å². The van der Waals surface area contributed by atoms with Crippen LogP contribution in [0.15, 0.2) is 12.4 Å². The van der Waals surface area contributed by atoms with E-state index in [9.17, 15) is 4.79 Å². The molecule has 0 aromatic carbocycles. The fourth-order valence-electron chi connectivity index (χ4n) is 4.00. The van der Waals surface area contributed by atoms with Gasteiger partial charge < -0.3 is 15.6 Å². The van der Waals surface area contributed by atoms with Gasteiger partial charge in [-0.25, -0.2) is 4.98 Å². The Hall–Kier alpha value is -1.40. The Morgan fingerprint density at radius 2 is 2.43 bits per heavy atom. The number of nitrogens with zero attached hydrogens (tertiary/aromatic N) is 3. The number of likely N-dealkylation sites (N-methyl/N-ethyl adjacent to an activating group) is 1. The van der Waals surface area contributed by atoms with E-state index >= 15 is 0 Å². The average Bonchev–Trinajstić information content (AvgIpc) is 3.11. The number of rotatable bonds is 5. The van der Waals surface area contributed by atoms with Crippen LogP contribution >= 0.6 is 0 Å². The predicted molar refractivity (Wildman–Crippen MR) is 80.4 cm³/mol. The maximum atomic E-state index is 11.9. The number of carbonyl (C=O) groups is 1. The summed E-state index contributed by atoms with van der Waals surface area (Å²) in [7, 11) is 1.86. The van der Waals surface area contributed by atoms with Crippen molar-refractivity contribution in [2.75, 3.05) is 20.1 Å². The summed E-state index contributed by atoms with van der Waals surface area (Å²) in [6.07, 6.45) is 7.97. The molecule has 1 saturated carbocycles. The third kappa shape index (κ3) is 2.58. The molecule has 6 nitrogen and oxygen atoms in total. The first-order valence-corrected chi connectivity index (χ1v) is 7.87. The zero-order valence-electron chi connectivity index (χ0n) is 12.7. The summed E-state index contributed by atoms with van der Waals surface area (Å²) in [4.78, 5) is 18.7. The van der Waals surface area contributed by atoms with E-state index in [2.05, 4.69) is 19.8 Å². The van der Waals surface area contributed by atoms with Gasteiger partial charge in [0, 0.05) is 25.5 Å². The van der Waals surface area contributed by atoms with E-state index in [4.69, 9.17) is 5.73 Å². The molecule has 1 fully saturated rings. The van der Waals surface area contributed by atoms with Crippen molar-refractivity contribution in [1.82, 2.24) is 19.8 Å². The molecule has 1 aliphatic carbocycles. The Kier molecular flexibility index (Phi) is 3.99. The number of nitrogens with one attached hydrogen (secondary N) is 1. The van der Waals surface area contributed by atoms with Crippen LogP contribution in [0, 0.1) is 5.92 Å². The molecule has 3 rings (SSSR count). The second-order valence-electron chi connectivity index (χ2n) is 6.28. The van der Waals surface area contributed by atoms with E-state index in [1.807, 2.05) is 19.4 Å². The van der Waals surface area contributed by atoms with E-state index in [0.29, 0.717) is 5.92 Å². The van der Waals surface area contributed by atoms with E-state index in [1.165, 1.54) is 0 Å². The van der Waals surface area contributed by atoms with Gasteiger partial charge in [-0.3, -0.25) is 9.69 Å². The van der Waals surface area contributed by atoms with Crippen LogP contribution in [-0.4, -0.2) is 46.0 Å². The zero-order chi connectivity index (χ0) is 14.9. The van der Waals surface area contributed by atoms with Gasteiger partial charge in [-0.15, -0.1) is 0 Å². The number of amides is 1. The molecule has 3 N–H and O–H groups in total. The first-order chi connectivity index (χ1) is 10.2. The van der Waals surface area contributed by atoms with Gasteiger partial charge in [-0.1, -0.05) is 6.42 Å². The molecule has 0 bridgehead atoms. The summed E-state index contributed by atoms with van der Waals surface area (Å²) in [5.41, 5.74) is 5.17. The fourth-order valence-corrected chi connectivity index (χ4v) is 4.00. The minimum absolute atomic E-state index is 0.193. The summed E-state index contributed by atoms with van der Waals surface area (Å²) in [6.45, 7) is 3.98. The lowest BCUT2D eigenvalue weighted by Gasteiger charge is -2.34. The maximum Gasteiger partial charge on any atom is 0.238 e. The number of hydrogen-bond acceptors (Lipinski definition) is 4. The minimum atomic E-state index is -0.492. The van der Waals surface area contributed by atoms with Crippen molar-refractivity contribution in [2.45, 2.75) is 44.3 Å². The highest BCUT2D eigenvalue weighted by Crippen LogP contribution is 2.37. The Morgan fingerprint density at radius 3 is 3.19 bits per heavy atom. The highest BCUT2D eigenvalue weighted by molar-refractivity contribution is 5.85. The molecule has 0 saturated heterocycles. The van der Waals surface area contributed by atoms with Crippen LogP contribution in [0.3, 0.4) is 0 Å². The predicted octanol–water partition coefficient (Wildman–Crippen LogP) is 0.332. The molecule has 0 radical (unpaired) electrons. The van der Waals surface area contributed by atoms with Crippen molar-refractivity contribution < 1.29 is 4.79 Å². The number of primary amides is 1. The molecule has 21 heavy (non-hydrogen) atoms. The smallest absolute Gasteiger partial charge is 0.238 e. The lowest BCUT2D eigenvalue weighted by molar-refractivity contribution is -0.125. The summed E-state index contributed by atoms with van der Waals surface area (Å²) < 4.78 is 2.22. The van der Waals surface area contributed by atoms with Crippen molar-refractivity contribution in [2.24, 2.45) is 11.7 Å². The van der Waals surface area contributed by atoms with Crippen LogP contribution in [-0.2, 0) is 17.9 Å².